The van der Waals surface area contributed by atoms with Gasteiger partial charge in [-0.3, -0.25) is 0 Å². The van der Waals surface area contributed by atoms with Crippen molar-refractivity contribution in [1.29, 1.82) is 0 Å². The maximum absolute atomic E-state index is 13.0. The van der Waals surface area contributed by atoms with Crippen molar-refractivity contribution in [2.75, 3.05) is 0 Å². The Balaban J connectivity index is 2.80. The van der Waals surface area contributed by atoms with Crippen molar-refractivity contribution in [1.82, 2.24) is 4.40 Å². The Morgan fingerprint density at radius 3 is 2.44 bits per heavy atom. The molecular weight excluding hydrogens is 208 g/mol. The lowest BCUT2D eigenvalue weighted by Gasteiger charge is -2.21. The fourth-order valence-electron chi connectivity index (χ4n) is 2.11. The highest BCUT2D eigenvalue weighted by atomic mass is 19.3. The van der Waals surface area contributed by atoms with Crippen LogP contribution in [0.2, 0.25) is 0 Å². The van der Waals surface area contributed by atoms with E-state index in [1.165, 1.54) is 0 Å². The molecule has 0 aliphatic heterocycles. The minimum absolute atomic E-state index is 0.138. The molecular formula is C13H15F2N. The van der Waals surface area contributed by atoms with Crippen LogP contribution in [0.4, 0.5) is 8.78 Å². The molecule has 0 aliphatic carbocycles. The number of alkyl halides is 2. The molecule has 0 spiro atoms. The van der Waals surface area contributed by atoms with Crippen LogP contribution in [0.3, 0.4) is 0 Å². The number of hydrogen-bond donors (Lipinski definition) is 0. The van der Waals surface area contributed by atoms with Crippen LogP contribution in [0.25, 0.3) is 5.52 Å². The lowest BCUT2D eigenvalue weighted by atomic mass is 9.89. The Bertz CT molecular complexity index is 506. The summed E-state index contributed by atoms with van der Waals surface area (Å²) in [6, 6.07) is 7.14. The fraction of sp³-hybridized carbons (Fsp3) is 0.385. The first kappa shape index (κ1) is 11.1. The van der Waals surface area contributed by atoms with E-state index in [2.05, 4.69) is 0 Å². The second-order valence-electron chi connectivity index (χ2n) is 4.99. The maximum atomic E-state index is 13.0. The zero-order valence-electron chi connectivity index (χ0n) is 9.67. The van der Waals surface area contributed by atoms with Gasteiger partial charge in [0.2, 0.25) is 0 Å². The largest absolute Gasteiger partial charge is 0.320 e. The van der Waals surface area contributed by atoms with Gasteiger partial charge < -0.3 is 4.40 Å². The molecule has 0 radical (unpaired) electrons. The average molecular weight is 223 g/mol. The topological polar surface area (TPSA) is 4.41 Å². The Morgan fingerprint density at radius 2 is 1.88 bits per heavy atom. The van der Waals surface area contributed by atoms with E-state index in [-0.39, 0.29) is 11.0 Å². The molecule has 0 saturated heterocycles. The predicted octanol–water partition coefficient (Wildman–Crippen LogP) is 4.17. The summed E-state index contributed by atoms with van der Waals surface area (Å²) >= 11 is 0. The van der Waals surface area contributed by atoms with Gasteiger partial charge in [0, 0.05) is 28.4 Å². The molecule has 16 heavy (non-hydrogen) atoms. The van der Waals surface area contributed by atoms with E-state index in [1.807, 2.05) is 49.6 Å². The van der Waals surface area contributed by atoms with Gasteiger partial charge in [0.15, 0.2) is 0 Å². The number of nitrogens with zero attached hydrogens (tertiary/aromatic N) is 1. The van der Waals surface area contributed by atoms with E-state index in [0.29, 0.717) is 5.69 Å². The number of rotatable bonds is 1. The summed E-state index contributed by atoms with van der Waals surface area (Å²) in [6.45, 7) is 5.86. The highest BCUT2D eigenvalue weighted by Gasteiger charge is 2.26. The third-order valence-corrected chi connectivity index (χ3v) is 2.65. The number of hydrogen-bond acceptors (Lipinski definition) is 0. The molecule has 2 heterocycles. The molecule has 0 aliphatic rings. The van der Waals surface area contributed by atoms with Crippen LogP contribution in [-0.4, -0.2) is 4.40 Å². The first-order chi connectivity index (χ1) is 7.41. The lowest BCUT2D eigenvalue weighted by Crippen LogP contribution is -2.16. The number of fused-ring (bicyclic) bond motifs is 1. The van der Waals surface area contributed by atoms with Crippen LogP contribution in [0.1, 0.15) is 38.5 Å². The summed E-state index contributed by atoms with van der Waals surface area (Å²) in [7, 11) is 0. The normalized spacial score (nSPS) is 12.6. The van der Waals surface area contributed by atoms with E-state index < -0.39 is 6.43 Å². The van der Waals surface area contributed by atoms with E-state index in [1.54, 1.807) is 6.07 Å². The summed E-state index contributed by atoms with van der Waals surface area (Å²) < 4.78 is 27.8. The van der Waals surface area contributed by atoms with Crippen LogP contribution in [0.5, 0.6) is 0 Å². The molecule has 0 amide bonds. The summed E-state index contributed by atoms with van der Waals surface area (Å²) in [4.78, 5) is 0. The number of aromatic nitrogens is 1. The van der Waals surface area contributed by atoms with Gasteiger partial charge in [-0.1, -0.05) is 26.8 Å². The quantitative estimate of drug-likeness (QED) is 0.683. The molecule has 86 valence electrons. The predicted molar refractivity (Wildman–Crippen MR) is 61.1 cm³/mol. The highest BCUT2D eigenvalue weighted by molar-refractivity contribution is 5.55. The number of pyridine rings is 1. The highest BCUT2D eigenvalue weighted by Crippen LogP contribution is 2.34. The third kappa shape index (κ3) is 1.70. The molecule has 0 saturated carbocycles. The summed E-state index contributed by atoms with van der Waals surface area (Å²) in [5.41, 5.74) is 1.36. The first-order valence-corrected chi connectivity index (χ1v) is 5.30. The van der Waals surface area contributed by atoms with E-state index >= 15 is 0 Å². The molecule has 2 rings (SSSR count). The molecule has 0 aromatic carbocycles. The molecule has 1 nitrogen and oxygen atoms in total. The van der Waals surface area contributed by atoms with Crippen LogP contribution in [0, 0.1) is 0 Å². The van der Waals surface area contributed by atoms with E-state index in [0.717, 1.165) is 5.52 Å². The minimum atomic E-state index is -2.42. The van der Waals surface area contributed by atoms with Gasteiger partial charge in [-0.2, -0.15) is 0 Å². The second kappa shape index (κ2) is 3.58. The fourth-order valence-corrected chi connectivity index (χ4v) is 2.11. The van der Waals surface area contributed by atoms with Gasteiger partial charge >= 0.3 is 0 Å². The van der Waals surface area contributed by atoms with Gasteiger partial charge in [0.25, 0.3) is 6.43 Å². The van der Waals surface area contributed by atoms with Crippen LogP contribution in [0.15, 0.2) is 30.5 Å². The number of halogens is 2. The van der Waals surface area contributed by atoms with Crippen molar-refractivity contribution < 1.29 is 8.78 Å². The molecule has 0 fully saturated rings. The van der Waals surface area contributed by atoms with Crippen molar-refractivity contribution in [3.63, 3.8) is 0 Å². The van der Waals surface area contributed by atoms with Gasteiger partial charge in [-0.15, -0.1) is 0 Å². The van der Waals surface area contributed by atoms with Crippen LogP contribution >= 0.6 is 0 Å². The van der Waals surface area contributed by atoms with E-state index in [9.17, 15) is 8.78 Å². The van der Waals surface area contributed by atoms with Crippen LogP contribution < -0.4 is 0 Å². The third-order valence-electron chi connectivity index (χ3n) is 2.65. The smallest absolute Gasteiger partial charge is 0.265 e. The van der Waals surface area contributed by atoms with Crippen LogP contribution in [-0.2, 0) is 5.41 Å². The maximum Gasteiger partial charge on any atom is 0.265 e. The van der Waals surface area contributed by atoms with Gasteiger partial charge in [0.1, 0.15) is 0 Å². The molecule has 3 heteroatoms. The van der Waals surface area contributed by atoms with Crippen molar-refractivity contribution in [2.24, 2.45) is 0 Å². The van der Waals surface area contributed by atoms with Gasteiger partial charge in [-0.25, -0.2) is 8.78 Å². The monoisotopic (exact) mass is 223 g/mol. The van der Waals surface area contributed by atoms with Gasteiger partial charge in [0.05, 0.1) is 0 Å². The Labute approximate surface area is 93.7 Å². The summed E-state index contributed by atoms with van der Waals surface area (Å²) in [5.74, 6) is 0. The molecule has 0 atom stereocenters. The van der Waals surface area contributed by atoms with E-state index in [4.69, 9.17) is 0 Å². The zero-order valence-corrected chi connectivity index (χ0v) is 9.67. The average Bonchev–Trinajstić information content (AvgIpc) is 2.55. The Kier molecular flexibility index (Phi) is 2.49. The molecule has 0 bridgehead atoms. The van der Waals surface area contributed by atoms with Crippen molar-refractivity contribution in [3.8, 4) is 0 Å². The molecule has 2 aromatic heterocycles. The van der Waals surface area contributed by atoms with Crippen molar-refractivity contribution >= 4 is 5.52 Å². The lowest BCUT2D eigenvalue weighted by molar-refractivity contribution is 0.148. The molecule has 2 aromatic rings. The second-order valence-corrected chi connectivity index (χ2v) is 4.99. The summed E-state index contributed by atoms with van der Waals surface area (Å²) in [5, 5.41) is 0. The Hall–Kier alpha value is -1.38. The molecule has 0 unspecified atom stereocenters. The minimum Gasteiger partial charge on any atom is -0.320 e. The van der Waals surface area contributed by atoms with Crippen molar-refractivity contribution in [3.05, 3.63) is 41.7 Å². The standard InChI is InChI=1S/C13H15F2N/c1-13(2,3)11-10(12(14)15)8-9-6-4-5-7-16(9)11/h4-8,12H,1-3H3. The van der Waals surface area contributed by atoms with Crippen molar-refractivity contribution in [2.45, 2.75) is 32.6 Å². The molecule has 0 N–H and O–H groups in total. The zero-order chi connectivity index (χ0) is 11.9. The first-order valence-electron chi connectivity index (χ1n) is 5.30. The SMILES string of the molecule is CC(C)(C)c1c(C(F)F)cc2ccccn12. The Morgan fingerprint density at radius 1 is 1.19 bits per heavy atom. The summed E-state index contributed by atoms with van der Waals surface area (Å²) in [6.07, 6.45) is -0.587. The van der Waals surface area contributed by atoms with Gasteiger partial charge in [-0.05, 0) is 18.2 Å².